The number of esters is 2. The predicted octanol–water partition coefficient (Wildman–Crippen LogP) is -1.70. The monoisotopic (exact) mass is 386 g/mol. The van der Waals surface area contributed by atoms with E-state index in [0.717, 1.165) is 12.2 Å². The Morgan fingerprint density at radius 3 is 1.30 bits per heavy atom. The van der Waals surface area contributed by atoms with Gasteiger partial charge in [-0.2, -0.15) is 0 Å². The van der Waals surface area contributed by atoms with Crippen LogP contribution in [0.4, 0.5) is 0 Å². The summed E-state index contributed by atoms with van der Waals surface area (Å²) in [6.45, 7) is 6.31. The van der Waals surface area contributed by atoms with E-state index in [1.807, 2.05) is 0 Å². The fourth-order valence-corrected chi connectivity index (χ4v) is 0.419. The molecule has 0 aliphatic carbocycles. The summed E-state index contributed by atoms with van der Waals surface area (Å²) in [6.07, 6.45) is -0.322. The molecule has 1 unspecified atom stereocenters. The number of carbonyl (C=O) groups is 4. The number of carbonyl (C=O) groups excluding carboxylic acids is 2. The normalized spacial score (nSPS) is 8.48. The van der Waals surface area contributed by atoms with Crippen LogP contribution in [0, 0.1) is 0 Å². The van der Waals surface area contributed by atoms with Gasteiger partial charge in [-0.05, 0) is 0 Å². The number of aliphatic hydroxyl groups is 1. The molecule has 9 nitrogen and oxygen atoms in total. The Balaban J connectivity index is -0.0000000696. The molecule has 0 fully saturated rings. The molecule has 0 saturated heterocycles. The Morgan fingerprint density at radius 1 is 0.957 bits per heavy atom. The first-order valence-electron chi connectivity index (χ1n) is 5.19. The van der Waals surface area contributed by atoms with Crippen LogP contribution in [0.2, 0.25) is 0 Å². The van der Waals surface area contributed by atoms with Crippen molar-refractivity contribution >= 4 is 127 Å². The second-order valence-electron chi connectivity index (χ2n) is 2.91. The van der Waals surface area contributed by atoms with Gasteiger partial charge < -0.3 is 24.8 Å². The average molecular weight is 386 g/mol. The summed E-state index contributed by atoms with van der Waals surface area (Å²) < 4.78 is 8.28. The summed E-state index contributed by atoms with van der Waals surface area (Å²) in [4.78, 5) is 39.1. The molecule has 0 aromatic rings. The van der Waals surface area contributed by atoms with E-state index in [9.17, 15) is 19.2 Å². The molecule has 0 rings (SSSR count). The number of aliphatic hydroxyl groups excluding tert-OH is 1. The van der Waals surface area contributed by atoms with Crippen LogP contribution in [0.15, 0.2) is 25.3 Å². The summed E-state index contributed by atoms with van der Waals surface area (Å²) in [5, 5.41) is 24.1. The molecule has 0 aromatic heterocycles. The maximum atomic E-state index is 9.84. The Bertz CT molecular complexity index is 363. The summed E-state index contributed by atoms with van der Waals surface area (Å²) in [7, 11) is 2.62. The van der Waals surface area contributed by atoms with Crippen molar-refractivity contribution in [2.75, 3.05) is 14.2 Å². The topological polar surface area (TPSA) is 147 Å². The second-order valence-corrected chi connectivity index (χ2v) is 2.91. The molecule has 0 heterocycles. The maximum absolute atomic E-state index is 9.84. The standard InChI is InChI=1S/C4H6O5.2C4H6O2.2K.2H/c5-2(4(8)9)1-3(6)7;2*1-3-4(5)6-2;;;;/h2,5H,1H2,(H,6,7)(H,8,9);2*3H,1H2,2H3;;;;. The van der Waals surface area contributed by atoms with E-state index in [2.05, 4.69) is 22.6 Å². The van der Waals surface area contributed by atoms with Gasteiger partial charge in [-0.15, -0.1) is 0 Å². The van der Waals surface area contributed by atoms with E-state index in [0.29, 0.717) is 0 Å². The first kappa shape index (κ1) is 34.8. The van der Waals surface area contributed by atoms with Crippen LogP contribution in [-0.2, 0) is 28.7 Å². The Morgan fingerprint density at radius 2 is 1.26 bits per heavy atom. The molecule has 1 atom stereocenters. The third-order valence-electron chi connectivity index (χ3n) is 1.39. The number of hydrogen-bond acceptors (Lipinski definition) is 7. The van der Waals surface area contributed by atoms with Crippen molar-refractivity contribution in [3.8, 4) is 0 Å². The minimum absolute atomic E-state index is 0. The van der Waals surface area contributed by atoms with Crippen molar-refractivity contribution in [2.24, 2.45) is 0 Å². The number of rotatable bonds is 5. The zero-order valence-corrected chi connectivity index (χ0v) is 11.6. The number of methoxy groups -OCH3 is 2. The first-order chi connectivity index (χ1) is 9.65. The fourth-order valence-electron chi connectivity index (χ4n) is 0.419. The molecule has 0 saturated carbocycles. The molecule has 0 bridgehead atoms. The van der Waals surface area contributed by atoms with Crippen LogP contribution >= 0.6 is 0 Å². The summed E-state index contributed by atoms with van der Waals surface area (Å²) in [5.74, 6) is -3.63. The van der Waals surface area contributed by atoms with E-state index < -0.39 is 36.4 Å². The van der Waals surface area contributed by atoms with Crippen LogP contribution in [-0.4, -0.2) is 162 Å². The third-order valence-corrected chi connectivity index (χ3v) is 1.39. The van der Waals surface area contributed by atoms with Gasteiger partial charge >= 0.3 is 127 Å². The van der Waals surface area contributed by atoms with Crippen molar-refractivity contribution in [1.82, 2.24) is 0 Å². The van der Waals surface area contributed by atoms with Gasteiger partial charge in [0.15, 0.2) is 6.10 Å². The molecule has 0 radical (unpaired) electrons. The van der Waals surface area contributed by atoms with Crippen molar-refractivity contribution in [2.45, 2.75) is 12.5 Å². The first-order valence-corrected chi connectivity index (χ1v) is 5.19. The molecular weight excluding hydrogens is 366 g/mol. The molecule has 3 N–H and O–H groups in total. The Labute approximate surface area is 218 Å². The van der Waals surface area contributed by atoms with Gasteiger partial charge in [0.05, 0.1) is 20.6 Å². The van der Waals surface area contributed by atoms with Gasteiger partial charge in [-0.25, -0.2) is 14.4 Å². The van der Waals surface area contributed by atoms with Crippen LogP contribution < -0.4 is 0 Å². The number of hydrogen-bond donors (Lipinski definition) is 3. The zero-order chi connectivity index (χ0) is 17.4. The molecule has 0 amide bonds. The van der Waals surface area contributed by atoms with Gasteiger partial charge in [0, 0.05) is 12.2 Å². The predicted molar refractivity (Wildman–Crippen MR) is 84.6 cm³/mol. The van der Waals surface area contributed by atoms with E-state index in [4.69, 9.17) is 15.3 Å². The van der Waals surface area contributed by atoms with Crippen molar-refractivity contribution in [1.29, 1.82) is 0 Å². The SMILES string of the molecule is C=CC(=O)OC.C=CC(=O)OC.O=C(O)CC(O)C(=O)O.[KH].[KH]. The van der Waals surface area contributed by atoms with E-state index in [1.165, 1.54) is 14.2 Å². The molecule has 0 spiro atoms. The fraction of sp³-hybridized carbons (Fsp3) is 0.333. The van der Waals surface area contributed by atoms with E-state index in [-0.39, 0.29) is 103 Å². The molecule has 0 aliphatic rings. The Hall–Kier alpha value is 0.593. The molecule has 0 aromatic carbocycles. The van der Waals surface area contributed by atoms with Crippen LogP contribution in [0.25, 0.3) is 0 Å². The molecule has 0 aliphatic heterocycles. The summed E-state index contributed by atoms with van der Waals surface area (Å²) in [6, 6.07) is 0. The number of ether oxygens (including phenoxy) is 2. The van der Waals surface area contributed by atoms with Crippen molar-refractivity contribution < 1.29 is 44.0 Å². The van der Waals surface area contributed by atoms with Gasteiger partial charge in [-0.3, -0.25) is 4.79 Å². The van der Waals surface area contributed by atoms with Crippen LogP contribution in [0.3, 0.4) is 0 Å². The van der Waals surface area contributed by atoms with Crippen LogP contribution in [0.5, 0.6) is 0 Å². The molecular formula is C12H20K2O9. The quantitative estimate of drug-likeness (QED) is 0.286. The number of carboxylic acids is 2. The number of carboxylic acid groups (broad SMARTS) is 2. The van der Waals surface area contributed by atoms with Gasteiger partial charge in [0.1, 0.15) is 0 Å². The van der Waals surface area contributed by atoms with Gasteiger partial charge in [0.2, 0.25) is 0 Å². The van der Waals surface area contributed by atoms with Gasteiger partial charge in [-0.1, -0.05) is 13.2 Å². The molecule has 23 heavy (non-hydrogen) atoms. The molecule has 124 valence electrons. The van der Waals surface area contributed by atoms with E-state index >= 15 is 0 Å². The summed E-state index contributed by atoms with van der Waals surface area (Å²) in [5.41, 5.74) is 0. The minimum atomic E-state index is -1.79. The van der Waals surface area contributed by atoms with Gasteiger partial charge in [0.25, 0.3) is 0 Å². The van der Waals surface area contributed by atoms with Crippen LogP contribution in [0.1, 0.15) is 6.42 Å². The molecule has 11 heteroatoms. The third kappa shape index (κ3) is 34.8. The summed E-state index contributed by atoms with van der Waals surface area (Å²) >= 11 is 0. The Kier molecular flexibility index (Phi) is 37.6. The zero-order valence-electron chi connectivity index (χ0n) is 11.6. The average Bonchev–Trinajstić information content (AvgIpc) is 2.45. The second kappa shape index (κ2) is 24.8. The van der Waals surface area contributed by atoms with Crippen molar-refractivity contribution in [3.63, 3.8) is 0 Å². The number of aliphatic carboxylic acids is 2. The van der Waals surface area contributed by atoms with Crippen molar-refractivity contribution in [3.05, 3.63) is 25.3 Å². The van der Waals surface area contributed by atoms with E-state index in [1.54, 1.807) is 0 Å².